The Bertz CT molecular complexity index is 406. The molecule has 0 saturated carbocycles. The first-order chi connectivity index (χ1) is 7.70. The van der Waals surface area contributed by atoms with Crippen LogP contribution in [0.4, 0.5) is 5.69 Å². The van der Waals surface area contributed by atoms with Crippen LogP contribution in [-0.4, -0.2) is 25.4 Å². The molecule has 0 aliphatic carbocycles. The van der Waals surface area contributed by atoms with Crippen molar-refractivity contribution in [2.75, 3.05) is 24.7 Å². The molecule has 1 aliphatic heterocycles. The van der Waals surface area contributed by atoms with Crippen molar-refractivity contribution in [3.63, 3.8) is 0 Å². The molecule has 1 heterocycles. The van der Waals surface area contributed by atoms with Gasteiger partial charge >= 0.3 is 5.97 Å². The Morgan fingerprint density at radius 2 is 2.38 bits per heavy atom. The molecule has 0 radical (unpaired) electrons. The Labute approximate surface area is 99.6 Å². The fourth-order valence-electron chi connectivity index (χ4n) is 1.61. The van der Waals surface area contributed by atoms with Crippen molar-refractivity contribution >= 4 is 23.4 Å². The van der Waals surface area contributed by atoms with E-state index in [1.165, 1.54) is 12.0 Å². The van der Waals surface area contributed by atoms with Gasteiger partial charge in [0.15, 0.2) is 0 Å². The molecule has 0 bridgehead atoms. The van der Waals surface area contributed by atoms with Crippen molar-refractivity contribution in [2.24, 2.45) is 5.92 Å². The van der Waals surface area contributed by atoms with Gasteiger partial charge in [-0.3, -0.25) is 0 Å². The van der Waals surface area contributed by atoms with Gasteiger partial charge in [-0.25, -0.2) is 4.79 Å². The van der Waals surface area contributed by atoms with E-state index in [2.05, 4.69) is 12.2 Å². The number of esters is 1. The second-order valence-electron chi connectivity index (χ2n) is 4.00. The zero-order chi connectivity index (χ0) is 11.5. The Kier molecular flexibility index (Phi) is 3.39. The summed E-state index contributed by atoms with van der Waals surface area (Å²) in [6, 6.07) is 5.67. The average Bonchev–Trinajstić information content (AvgIpc) is 2.50. The second-order valence-corrected chi connectivity index (χ2v) is 5.06. The first kappa shape index (κ1) is 11.3. The highest BCUT2D eigenvalue weighted by Gasteiger charge is 2.15. The number of rotatable bonds is 1. The molecule has 1 aliphatic rings. The van der Waals surface area contributed by atoms with Crippen LogP contribution in [0.5, 0.6) is 0 Å². The molecule has 1 atom stereocenters. The second kappa shape index (κ2) is 4.78. The molecule has 4 heteroatoms. The molecule has 0 spiro atoms. The van der Waals surface area contributed by atoms with Crippen LogP contribution in [-0.2, 0) is 4.74 Å². The average molecular weight is 237 g/mol. The van der Waals surface area contributed by atoms with E-state index < -0.39 is 0 Å². The van der Waals surface area contributed by atoms with Crippen LogP contribution >= 0.6 is 11.8 Å². The number of hydrogen-bond acceptors (Lipinski definition) is 4. The number of methoxy groups -OCH3 is 1. The van der Waals surface area contributed by atoms with E-state index in [0.717, 1.165) is 18.0 Å². The minimum absolute atomic E-state index is 0.285. The van der Waals surface area contributed by atoms with Crippen molar-refractivity contribution in [3.8, 4) is 0 Å². The highest BCUT2D eigenvalue weighted by molar-refractivity contribution is 7.99. The van der Waals surface area contributed by atoms with Gasteiger partial charge in [0.1, 0.15) is 0 Å². The van der Waals surface area contributed by atoms with Gasteiger partial charge in [-0.05, 0) is 24.1 Å². The molecule has 0 fully saturated rings. The molecule has 1 aromatic carbocycles. The molecule has 0 saturated heterocycles. The van der Waals surface area contributed by atoms with Crippen molar-refractivity contribution < 1.29 is 9.53 Å². The molecule has 1 unspecified atom stereocenters. The van der Waals surface area contributed by atoms with Crippen molar-refractivity contribution in [1.29, 1.82) is 0 Å². The predicted octanol–water partition coefficient (Wildman–Crippen LogP) is 2.63. The monoisotopic (exact) mass is 237 g/mol. The smallest absolute Gasteiger partial charge is 0.337 e. The third kappa shape index (κ3) is 2.32. The molecule has 2 rings (SSSR count). The molecule has 86 valence electrons. The highest BCUT2D eigenvalue weighted by Crippen LogP contribution is 2.32. The fourth-order valence-corrected chi connectivity index (χ4v) is 2.65. The number of hydrogen-bond donors (Lipinski definition) is 1. The molecular formula is C12H15NO2S. The highest BCUT2D eigenvalue weighted by atomic mass is 32.2. The van der Waals surface area contributed by atoms with Crippen LogP contribution in [0, 0.1) is 5.92 Å². The number of ether oxygens (including phenoxy) is 1. The Hall–Kier alpha value is -1.16. The van der Waals surface area contributed by atoms with E-state index in [4.69, 9.17) is 4.74 Å². The third-order valence-corrected chi connectivity index (χ3v) is 3.97. The molecular weight excluding hydrogens is 222 g/mol. The third-order valence-electron chi connectivity index (χ3n) is 2.56. The van der Waals surface area contributed by atoms with Gasteiger partial charge in [-0.1, -0.05) is 6.92 Å². The van der Waals surface area contributed by atoms with Gasteiger partial charge in [-0.2, -0.15) is 0 Å². The summed E-state index contributed by atoms with van der Waals surface area (Å²) < 4.78 is 4.71. The molecule has 16 heavy (non-hydrogen) atoms. The Morgan fingerprint density at radius 1 is 1.56 bits per heavy atom. The zero-order valence-corrected chi connectivity index (χ0v) is 10.3. The first-order valence-electron chi connectivity index (χ1n) is 5.29. The van der Waals surface area contributed by atoms with Crippen LogP contribution in [0.3, 0.4) is 0 Å². The summed E-state index contributed by atoms with van der Waals surface area (Å²) in [5.41, 5.74) is 1.64. The molecule has 3 nitrogen and oxygen atoms in total. The summed E-state index contributed by atoms with van der Waals surface area (Å²) in [7, 11) is 1.40. The topological polar surface area (TPSA) is 38.3 Å². The predicted molar refractivity (Wildman–Crippen MR) is 66.2 cm³/mol. The van der Waals surface area contributed by atoms with Crippen LogP contribution in [0.2, 0.25) is 0 Å². The number of carbonyl (C=O) groups excluding carboxylic acids is 1. The van der Waals surface area contributed by atoms with Gasteiger partial charge in [0, 0.05) is 22.9 Å². The Morgan fingerprint density at radius 3 is 3.12 bits per heavy atom. The lowest BCUT2D eigenvalue weighted by Gasteiger charge is -2.09. The van der Waals surface area contributed by atoms with E-state index in [-0.39, 0.29) is 5.97 Å². The number of fused-ring (bicyclic) bond motifs is 1. The number of anilines is 1. The van der Waals surface area contributed by atoms with Gasteiger partial charge in [0.2, 0.25) is 0 Å². The lowest BCUT2D eigenvalue weighted by Crippen LogP contribution is -2.11. The zero-order valence-electron chi connectivity index (χ0n) is 9.45. The standard InChI is InChI=1S/C12H15NO2S/c1-8-6-13-10-5-9(12(14)15-2)3-4-11(10)16-7-8/h3-5,8,13H,6-7H2,1-2H3. The summed E-state index contributed by atoms with van der Waals surface area (Å²) in [4.78, 5) is 12.6. The van der Waals surface area contributed by atoms with Gasteiger partial charge < -0.3 is 10.1 Å². The Balaban J connectivity index is 2.28. The van der Waals surface area contributed by atoms with E-state index in [0.29, 0.717) is 11.5 Å². The van der Waals surface area contributed by atoms with Gasteiger partial charge in [0.25, 0.3) is 0 Å². The van der Waals surface area contributed by atoms with Gasteiger partial charge in [-0.15, -0.1) is 11.8 Å². The normalized spacial score (nSPS) is 19.2. The number of thioether (sulfide) groups is 1. The van der Waals surface area contributed by atoms with Crippen molar-refractivity contribution in [2.45, 2.75) is 11.8 Å². The molecule has 0 amide bonds. The number of carbonyl (C=O) groups is 1. The maximum Gasteiger partial charge on any atom is 0.337 e. The fraction of sp³-hybridized carbons (Fsp3) is 0.417. The first-order valence-corrected chi connectivity index (χ1v) is 6.28. The van der Waals surface area contributed by atoms with Crippen molar-refractivity contribution in [1.82, 2.24) is 0 Å². The SMILES string of the molecule is COC(=O)c1ccc2c(c1)NCC(C)CS2. The van der Waals surface area contributed by atoms with Crippen LogP contribution in [0.25, 0.3) is 0 Å². The van der Waals surface area contributed by atoms with Crippen LogP contribution in [0.15, 0.2) is 23.1 Å². The van der Waals surface area contributed by atoms with Crippen LogP contribution < -0.4 is 5.32 Å². The molecule has 1 aromatic rings. The lowest BCUT2D eigenvalue weighted by atomic mass is 10.2. The maximum absolute atomic E-state index is 11.4. The van der Waals surface area contributed by atoms with Crippen LogP contribution in [0.1, 0.15) is 17.3 Å². The largest absolute Gasteiger partial charge is 0.465 e. The summed E-state index contributed by atoms with van der Waals surface area (Å²) in [6.07, 6.45) is 0. The molecule has 0 aromatic heterocycles. The summed E-state index contributed by atoms with van der Waals surface area (Å²) >= 11 is 1.83. The summed E-state index contributed by atoms with van der Waals surface area (Å²) in [6.45, 7) is 3.16. The summed E-state index contributed by atoms with van der Waals surface area (Å²) in [5, 5.41) is 3.37. The minimum atomic E-state index is -0.285. The van der Waals surface area contributed by atoms with E-state index in [1.807, 2.05) is 30.0 Å². The lowest BCUT2D eigenvalue weighted by molar-refractivity contribution is 0.0600. The molecule has 1 N–H and O–H groups in total. The van der Waals surface area contributed by atoms with E-state index >= 15 is 0 Å². The van der Waals surface area contributed by atoms with E-state index in [1.54, 1.807) is 0 Å². The van der Waals surface area contributed by atoms with Crippen molar-refractivity contribution in [3.05, 3.63) is 23.8 Å². The number of benzene rings is 1. The number of nitrogens with one attached hydrogen (secondary N) is 1. The quantitative estimate of drug-likeness (QED) is 0.762. The van der Waals surface area contributed by atoms with E-state index in [9.17, 15) is 4.79 Å². The summed E-state index contributed by atoms with van der Waals surface area (Å²) in [5.74, 6) is 1.46. The minimum Gasteiger partial charge on any atom is -0.465 e. The maximum atomic E-state index is 11.4. The van der Waals surface area contributed by atoms with Gasteiger partial charge in [0.05, 0.1) is 12.7 Å².